The smallest absolute Gasteiger partial charge is 0.229 e. The van der Waals surface area contributed by atoms with Crippen LogP contribution in [0.25, 0.3) is 0 Å². The van der Waals surface area contributed by atoms with Crippen LogP contribution in [0.2, 0.25) is 0 Å². The number of hydrogen-bond donors (Lipinski definition) is 1. The normalized spacial score (nSPS) is 27.2. The van der Waals surface area contributed by atoms with E-state index in [0.717, 1.165) is 31.6 Å². The highest BCUT2D eigenvalue weighted by molar-refractivity contribution is 5.00. The van der Waals surface area contributed by atoms with Gasteiger partial charge in [-0.2, -0.15) is 4.98 Å². The first-order valence-electron chi connectivity index (χ1n) is 5.86. The largest absolute Gasteiger partial charge is 0.373 e. The van der Waals surface area contributed by atoms with E-state index in [-0.39, 0.29) is 12.1 Å². The van der Waals surface area contributed by atoms with Gasteiger partial charge in [-0.1, -0.05) is 12.1 Å². The van der Waals surface area contributed by atoms with Gasteiger partial charge in [0.25, 0.3) is 0 Å². The Kier molecular flexibility index (Phi) is 3.56. The molecule has 1 fully saturated rings. The van der Waals surface area contributed by atoms with Gasteiger partial charge in [-0.05, 0) is 25.7 Å². The third-order valence-corrected chi connectivity index (χ3v) is 3.22. The van der Waals surface area contributed by atoms with Crippen molar-refractivity contribution in [2.24, 2.45) is 5.73 Å². The summed E-state index contributed by atoms with van der Waals surface area (Å²) >= 11 is 0. The van der Waals surface area contributed by atoms with Crippen LogP contribution in [0.15, 0.2) is 4.52 Å². The highest BCUT2D eigenvalue weighted by Crippen LogP contribution is 2.33. The minimum Gasteiger partial charge on any atom is -0.373 e. The molecule has 0 aliphatic heterocycles. The van der Waals surface area contributed by atoms with Crippen molar-refractivity contribution in [1.82, 2.24) is 10.1 Å². The van der Waals surface area contributed by atoms with Gasteiger partial charge in [0.05, 0.1) is 0 Å². The van der Waals surface area contributed by atoms with E-state index < -0.39 is 0 Å². The zero-order valence-corrected chi connectivity index (χ0v) is 9.85. The van der Waals surface area contributed by atoms with Crippen LogP contribution in [0.1, 0.15) is 56.3 Å². The zero-order chi connectivity index (χ0) is 11.5. The van der Waals surface area contributed by atoms with Crippen LogP contribution in [0.3, 0.4) is 0 Å². The zero-order valence-electron chi connectivity index (χ0n) is 9.85. The monoisotopic (exact) mass is 225 g/mol. The molecule has 1 aliphatic rings. The van der Waals surface area contributed by atoms with E-state index in [0.29, 0.717) is 11.7 Å². The molecule has 5 nitrogen and oxygen atoms in total. The molecule has 16 heavy (non-hydrogen) atoms. The SMILES string of the molecule is CCC(OC)c1noc([C@@H]2CC[C@H](N)C2)n1. The van der Waals surface area contributed by atoms with Crippen molar-refractivity contribution in [3.05, 3.63) is 11.7 Å². The van der Waals surface area contributed by atoms with Crippen LogP contribution < -0.4 is 5.73 Å². The van der Waals surface area contributed by atoms with Gasteiger partial charge in [-0.15, -0.1) is 0 Å². The van der Waals surface area contributed by atoms with Gasteiger partial charge in [0.1, 0.15) is 6.10 Å². The lowest BCUT2D eigenvalue weighted by Gasteiger charge is -2.06. The lowest BCUT2D eigenvalue weighted by Crippen LogP contribution is -2.14. The second-order valence-corrected chi connectivity index (χ2v) is 4.39. The summed E-state index contributed by atoms with van der Waals surface area (Å²) in [4.78, 5) is 4.41. The van der Waals surface area contributed by atoms with Gasteiger partial charge < -0.3 is 15.0 Å². The minimum absolute atomic E-state index is 0.0624. The topological polar surface area (TPSA) is 74.2 Å². The van der Waals surface area contributed by atoms with E-state index in [2.05, 4.69) is 10.1 Å². The molecule has 1 aromatic heterocycles. The average molecular weight is 225 g/mol. The molecule has 1 heterocycles. The fraction of sp³-hybridized carbons (Fsp3) is 0.818. The first-order chi connectivity index (χ1) is 7.74. The summed E-state index contributed by atoms with van der Waals surface area (Å²) in [6.45, 7) is 2.04. The molecule has 0 spiro atoms. The molecule has 0 bridgehead atoms. The molecular formula is C11H19N3O2. The maximum Gasteiger partial charge on any atom is 0.229 e. The molecule has 5 heteroatoms. The lowest BCUT2D eigenvalue weighted by molar-refractivity contribution is 0.0903. The molecule has 1 aromatic rings. The van der Waals surface area contributed by atoms with Gasteiger partial charge in [-0.3, -0.25) is 0 Å². The van der Waals surface area contributed by atoms with Crippen molar-refractivity contribution >= 4 is 0 Å². The molecule has 0 amide bonds. The summed E-state index contributed by atoms with van der Waals surface area (Å²) in [5, 5.41) is 3.98. The Labute approximate surface area is 95.3 Å². The van der Waals surface area contributed by atoms with Gasteiger partial charge >= 0.3 is 0 Å². The highest BCUT2D eigenvalue weighted by Gasteiger charge is 2.28. The third-order valence-electron chi connectivity index (χ3n) is 3.22. The third kappa shape index (κ3) is 2.25. The molecule has 1 unspecified atom stereocenters. The molecule has 90 valence electrons. The first-order valence-corrected chi connectivity index (χ1v) is 5.86. The predicted octanol–water partition coefficient (Wildman–Crippen LogP) is 1.76. The van der Waals surface area contributed by atoms with Crippen LogP contribution in [-0.2, 0) is 4.74 Å². The minimum atomic E-state index is -0.0624. The van der Waals surface area contributed by atoms with Gasteiger partial charge in [0.2, 0.25) is 11.7 Å². The number of methoxy groups -OCH3 is 1. The standard InChI is InChI=1S/C11H19N3O2/c1-3-9(15-2)10-13-11(16-14-10)7-4-5-8(12)6-7/h7-9H,3-6,12H2,1-2H3/t7-,8+,9?/m1/s1. The first kappa shape index (κ1) is 11.5. The van der Waals surface area contributed by atoms with E-state index in [4.69, 9.17) is 15.0 Å². The van der Waals surface area contributed by atoms with E-state index in [9.17, 15) is 0 Å². The molecule has 2 N–H and O–H groups in total. The highest BCUT2D eigenvalue weighted by atomic mass is 16.5. The van der Waals surface area contributed by atoms with Gasteiger partial charge in [0, 0.05) is 19.1 Å². The lowest BCUT2D eigenvalue weighted by atomic mass is 10.1. The molecule has 1 aliphatic carbocycles. The number of ether oxygens (including phenoxy) is 1. The van der Waals surface area contributed by atoms with Crippen molar-refractivity contribution in [1.29, 1.82) is 0 Å². The van der Waals surface area contributed by atoms with Crippen LogP contribution in [0.4, 0.5) is 0 Å². The molecule has 0 saturated heterocycles. The van der Waals surface area contributed by atoms with Crippen LogP contribution in [0.5, 0.6) is 0 Å². The van der Waals surface area contributed by atoms with Gasteiger partial charge in [-0.25, -0.2) is 0 Å². The average Bonchev–Trinajstić information content (AvgIpc) is 2.89. The summed E-state index contributed by atoms with van der Waals surface area (Å²) < 4.78 is 10.6. The van der Waals surface area contributed by atoms with Crippen molar-refractivity contribution in [3.8, 4) is 0 Å². The fourth-order valence-corrected chi connectivity index (χ4v) is 2.24. The maximum atomic E-state index is 5.87. The number of aromatic nitrogens is 2. The Bertz CT molecular complexity index is 336. The summed E-state index contributed by atoms with van der Waals surface area (Å²) in [5.74, 6) is 1.71. The second-order valence-electron chi connectivity index (χ2n) is 4.39. The molecular weight excluding hydrogens is 206 g/mol. The molecule has 2 rings (SSSR count). The number of nitrogens with two attached hydrogens (primary N) is 1. The number of nitrogens with zero attached hydrogens (tertiary/aromatic N) is 2. The molecule has 0 radical (unpaired) electrons. The summed E-state index contributed by atoms with van der Waals surface area (Å²) in [7, 11) is 1.66. The Morgan fingerprint density at radius 2 is 2.38 bits per heavy atom. The fourth-order valence-electron chi connectivity index (χ4n) is 2.24. The van der Waals surface area contributed by atoms with E-state index >= 15 is 0 Å². The Morgan fingerprint density at radius 3 is 2.94 bits per heavy atom. The van der Waals surface area contributed by atoms with Crippen molar-refractivity contribution in [2.75, 3.05) is 7.11 Å². The summed E-state index contributed by atoms with van der Waals surface area (Å²) in [5.41, 5.74) is 5.87. The van der Waals surface area contributed by atoms with Crippen molar-refractivity contribution < 1.29 is 9.26 Å². The maximum absolute atomic E-state index is 5.87. The van der Waals surface area contributed by atoms with Crippen molar-refractivity contribution in [2.45, 2.75) is 50.7 Å². The number of rotatable bonds is 4. The van der Waals surface area contributed by atoms with E-state index in [1.807, 2.05) is 6.92 Å². The second kappa shape index (κ2) is 4.93. The Balaban J connectivity index is 2.07. The quantitative estimate of drug-likeness (QED) is 0.845. The van der Waals surface area contributed by atoms with Gasteiger partial charge in [0.15, 0.2) is 0 Å². The predicted molar refractivity (Wildman–Crippen MR) is 58.9 cm³/mol. The molecule has 0 aromatic carbocycles. The van der Waals surface area contributed by atoms with Crippen molar-refractivity contribution in [3.63, 3.8) is 0 Å². The Morgan fingerprint density at radius 1 is 1.56 bits per heavy atom. The van der Waals surface area contributed by atoms with Crippen LogP contribution in [0, 0.1) is 0 Å². The van der Waals surface area contributed by atoms with E-state index in [1.54, 1.807) is 7.11 Å². The van der Waals surface area contributed by atoms with E-state index in [1.165, 1.54) is 0 Å². The van der Waals surface area contributed by atoms with Crippen LogP contribution >= 0.6 is 0 Å². The van der Waals surface area contributed by atoms with Crippen LogP contribution in [-0.4, -0.2) is 23.3 Å². The summed E-state index contributed by atoms with van der Waals surface area (Å²) in [6.07, 6.45) is 3.83. The summed E-state index contributed by atoms with van der Waals surface area (Å²) in [6, 6.07) is 0.282. The molecule has 3 atom stereocenters. The molecule has 1 saturated carbocycles. The number of hydrogen-bond acceptors (Lipinski definition) is 5. The Hall–Kier alpha value is -0.940.